The van der Waals surface area contributed by atoms with E-state index < -0.39 is 5.60 Å². The van der Waals surface area contributed by atoms with Crippen LogP contribution >= 0.6 is 0 Å². The summed E-state index contributed by atoms with van der Waals surface area (Å²) in [6, 6.07) is 0. The number of nitrogens with one attached hydrogen (secondary N) is 2. The normalized spacial score (nSPS) is 31.7. The van der Waals surface area contributed by atoms with Crippen LogP contribution in [-0.2, 0) is 4.79 Å². The Labute approximate surface area is 109 Å². The zero-order valence-electron chi connectivity index (χ0n) is 11.4. The molecule has 4 nitrogen and oxygen atoms in total. The predicted octanol–water partition coefficient (Wildman–Crippen LogP) is 0.963. The van der Waals surface area contributed by atoms with Crippen molar-refractivity contribution in [2.24, 2.45) is 5.92 Å². The molecule has 0 aromatic rings. The number of hydrogen-bond acceptors (Lipinski definition) is 3. The Morgan fingerprint density at radius 3 is 2.83 bits per heavy atom. The number of hydrogen-bond donors (Lipinski definition) is 3. The summed E-state index contributed by atoms with van der Waals surface area (Å²) in [6.45, 7) is 6.05. The summed E-state index contributed by atoms with van der Waals surface area (Å²) in [5, 5.41) is 16.5. The Balaban J connectivity index is 1.85. The maximum Gasteiger partial charge on any atom is 0.247 e. The Bertz CT molecular complexity index is 359. The minimum Gasteiger partial charge on any atom is -0.388 e. The molecule has 1 saturated carbocycles. The molecule has 1 amide bonds. The minimum absolute atomic E-state index is 0.0295. The number of carbonyl (C=O) groups excluding carboxylic acids is 1. The van der Waals surface area contributed by atoms with E-state index in [2.05, 4.69) is 17.6 Å². The highest BCUT2D eigenvalue weighted by Gasteiger charge is 2.33. The lowest BCUT2D eigenvalue weighted by molar-refractivity contribution is -0.119. The lowest BCUT2D eigenvalue weighted by atomic mass is 9.79. The molecule has 102 valence electrons. The first-order chi connectivity index (χ1) is 8.50. The van der Waals surface area contributed by atoms with Gasteiger partial charge in [-0.1, -0.05) is 19.8 Å². The summed E-state index contributed by atoms with van der Waals surface area (Å²) in [6.07, 6.45) is 3.84. The van der Waals surface area contributed by atoms with Crippen LogP contribution < -0.4 is 10.6 Å². The van der Waals surface area contributed by atoms with E-state index in [1.807, 2.05) is 6.92 Å². The van der Waals surface area contributed by atoms with Crippen LogP contribution in [0.2, 0.25) is 0 Å². The monoisotopic (exact) mass is 252 g/mol. The van der Waals surface area contributed by atoms with E-state index in [4.69, 9.17) is 0 Å². The van der Waals surface area contributed by atoms with Gasteiger partial charge < -0.3 is 15.7 Å². The van der Waals surface area contributed by atoms with Crippen LogP contribution in [0.5, 0.6) is 0 Å². The molecule has 0 aromatic heterocycles. The van der Waals surface area contributed by atoms with Gasteiger partial charge in [-0.25, -0.2) is 0 Å². The van der Waals surface area contributed by atoms with E-state index in [1.54, 1.807) is 0 Å². The van der Waals surface area contributed by atoms with Gasteiger partial charge in [-0.2, -0.15) is 0 Å². The van der Waals surface area contributed by atoms with Crippen LogP contribution in [0, 0.1) is 5.92 Å². The van der Waals surface area contributed by atoms with Gasteiger partial charge in [0.15, 0.2) is 0 Å². The third kappa shape index (κ3) is 3.12. The molecular weight excluding hydrogens is 228 g/mol. The summed E-state index contributed by atoms with van der Waals surface area (Å²) in [4.78, 5) is 11.9. The van der Waals surface area contributed by atoms with Crippen LogP contribution in [0.4, 0.5) is 0 Å². The van der Waals surface area contributed by atoms with Crippen LogP contribution in [0.15, 0.2) is 11.1 Å². The van der Waals surface area contributed by atoms with Crippen molar-refractivity contribution < 1.29 is 9.90 Å². The molecule has 2 rings (SSSR count). The highest BCUT2D eigenvalue weighted by atomic mass is 16.3. The van der Waals surface area contributed by atoms with Gasteiger partial charge in [-0.15, -0.1) is 0 Å². The molecule has 0 aromatic carbocycles. The molecule has 2 atom stereocenters. The Morgan fingerprint density at radius 1 is 1.56 bits per heavy atom. The van der Waals surface area contributed by atoms with E-state index in [0.29, 0.717) is 12.5 Å². The fraction of sp³-hybridized carbons (Fsp3) is 0.786. The first-order valence-corrected chi connectivity index (χ1v) is 6.90. The molecule has 1 aliphatic heterocycles. The fourth-order valence-corrected chi connectivity index (χ4v) is 2.85. The molecule has 0 spiro atoms. The molecule has 1 saturated heterocycles. The van der Waals surface area contributed by atoms with E-state index in [1.165, 1.54) is 12.0 Å². The van der Waals surface area contributed by atoms with E-state index in [0.717, 1.165) is 37.9 Å². The summed E-state index contributed by atoms with van der Waals surface area (Å²) in [5.74, 6) is 0.522. The number of rotatable bonds is 3. The van der Waals surface area contributed by atoms with Gasteiger partial charge in [-0.05, 0) is 31.3 Å². The molecule has 0 radical (unpaired) electrons. The standard InChI is InChI=1S/C14H24N2O2/c1-10-4-3-5-14(18,6-10)9-16-13(17)11(2)12-7-15-8-12/h10,15,18H,3-9H2,1-2H3,(H,16,17). The zero-order chi connectivity index (χ0) is 13.2. The Hall–Kier alpha value is -0.870. The summed E-state index contributed by atoms with van der Waals surface area (Å²) in [5.41, 5.74) is 1.29. The summed E-state index contributed by atoms with van der Waals surface area (Å²) >= 11 is 0. The van der Waals surface area contributed by atoms with Crippen molar-refractivity contribution in [3.05, 3.63) is 11.1 Å². The smallest absolute Gasteiger partial charge is 0.247 e. The van der Waals surface area contributed by atoms with Gasteiger partial charge in [0.05, 0.1) is 5.60 Å². The van der Waals surface area contributed by atoms with Crippen molar-refractivity contribution in [1.29, 1.82) is 0 Å². The number of aliphatic hydroxyl groups is 1. The lowest BCUT2D eigenvalue weighted by Gasteiger charge is -2.35. The maximum absolute atomic E-state index is 11.9. The molecule has 4 heteroatoms. The first kappa shape index (κ1) is 13.6. The van der Waals surface area contributed by atoms with Crippen LogP contribution in [0.25, 0.3) is 0 Å². The van der Waals surface area contributed by atoms with Crippen LogP contribution in [0.3, 0.4) is 0 Å². The van der Waals surface area contributed by atoms with Gasteiger partial charge >= 0.3 is 0 Å². The van der Waals surface area contributed by atoms with Gasteiger partial charge in [-0.3, -0.25) is 4.79 Å². The number of carbonyl (C=O) groups is 1. The molecule has 1 aliphatic carbocycles. The quantitative estimate of drug-likeness (QED) is 0.656. The molecule has 18 heavy (non-hydrogen) atoms. The van der Waals surface area contributed by atoms with Gasteiger partial charge in [0, 0.05) is 25.2 Å². The second-order valence-electron chi connectivity index (χ2n) is 5.94. The molecule has 2 unspecified atom stereocenters. The summed E-state index contributed by atoms with van der Waals surface area (Å²) < 4.78 is 0. The van der Waals surface area contributed by atoms with Crippen molar-refractivity contribution in [1.82, 2.24) is 10.6 Å². The molecule has 2 fully saturated rings. The SMILES string of the molecule is CC(C(=O)NCC1(O)CCCC(C)C1)=C1CNC1. The van der Waals surface area contributed by atoms with Gasteiger partial charge in [0.25, 0.3) is 0 Å². The number of amides is 1. The van der Waals surface area contributed by atoms with Gasteiger partial charge in [0.1, 0.15) is 0 Å². The molecule has 1 heterocycles. The fourth-order valence-electron chi connectivity index (χ4n) is 2.85. The topological polar surface area (TPSA) is 61.4 Å². The lowest BCUT2D eigenvalue weighted by Crippen LogP contribution is -2.46. The van der Waals surface area contributed by atoms with Crippen molar-refractivity contribution in [3.8, 4) is 0 Å². The minimum atomic E-state index is -0.698. The average molecular weight is 252 g/mol. The Kier molecular flexibility index (Phi) is 4.07. The van der Waals surface area contributed by atoms with E-state index in [9.17, 15) is 9.90 Å². The second-order valence-corrected chi connectivity index (χ2v) is 5.94. The first-order valence-electron chi connectivity index (χ1n) is 6.90. The van der Waals surface area contributed by atoms with Crippen molar-refractivity contribution in [3.63, 3.8) is 0 Å². The van der Waals surface area contributed by atoms with Crippen molar-refractivity contribution in [2.75, 3.05) is 19.6 Å². The van der Waals surface area contributed by atoms with Crippen molar-refractivity contribution >= 4 is 5.91 Å². The van der Waals surface area contributed by atoms with E-state index in [-0.39, 0.29) is 5.91 Å². The van der Waals surface area contributed by atoms with Gasteiger partial charge in [0.2, 0.25) is 5.91 Å². The molecule has 3 N–H and O–H groups in total. The molecule has 2 aliphatic rings. The van der Waals surface area contributed by atoms with Crippen LogP contribution in [-0.4, -0.2) is 36.2 Å². The highest BCUT2D eigenvalue weighted by Crippen LogP contribution is 2.31. The molecule has 0 bridgehead atoms. The second kappa shape index (κ2) is 5.41. The maximum atomic E-state index is 11.9. The van der Waals surface area contributed by atoms with E-state index >= 15 is 0 Å². The van der Waals surface area contributed by atoms with Crippen molar-refractivity contribution in [2.45, 2.75) is 45.1 Å². The third-order valence-corrected chi connectivity index (χ3v) is 4.19. The van der Waals surface area contributed by atoms with Crippen LogP contribution in [0.1, 0.15) is 39.5 Å². The largest absolute Gasteiger partial charge is 0.388 e. The summed E-state index contributed by atoms with van der Waals surface area (Å²) in [7, 11) is 0. The highest BCUT2D eigenvalue weighted by molar-refractivity contribution is 5.94. The average Bonchev–Trinajstić information content (AvgIpc) is 2.23. The predicted molar refractivity (Wildman–Crippen MR) is 71.2 cm³/mol. The third-order valence-electron chi connectivity index (χ3n) is 4.19. The zero-order valence-corrected chi connectivity index (χ0v) is 11.4. The Morgan fingerprint density at radius 2 is 2.28 bits per heavy atom. The molecular formula is C14H24N2O2.